The van der Waals surface area contributed by atoms with E-state index in [4.69, 9.17) is 0 Å². The first-order chi connectivity index (χ1) is 5.84. The molecule has 0 amide bonds. The van der Waals surface area contributed by atoms with Crippen molar-refractivity contribution in [1.29, 1.82) is 0 Å². The normalized spacial score (nSPS) is 14.9. The molecule has 12 heavy (non-hydrogen) atoms. The molecule has 0 bridgehead atoms. The molecule has 2 nitrogen and oxygen atoms in total. The van der Waals surface area contributed by atoms with Crippen LogP contribution in [0.1, 0.15) is 0 Å². The lowest BCUT2D eigenvalue weighted by Crippen LogP contribution is -2.02. The summed E-state index contributed by atoms with van der Waals surface area (Å²) < 4.78 is 4.57. The highest BCUT2D eigenvalue weighted by Gasteiger charge is 2.03. The lowest BCUT2D eigenvalue weighted by molar-refractivity contribution is -0.135. The second-order valence-corrected chi connectivity index (χ2v) is 2.24. The molecular formula is C10H10O2. The van der Waals surface area contributed by atoms with E-state index in [0.717, 1.165) is 0 Å². The van der Waals surface area contributed by atoms with Gasteiger partial charge in [-0.1, -0.05) is 30.4 Å². The number of hydrogen-bond acceptors (Lipinski definition) is 2. The molecule has 0 spiro atoms. The van der Waals surface area contributed by atoms with E-state index in [1.54, 1.807) is 24.3 Å². The van der Waals surface area contributed by atoms with Crippen LogP contribution in [0.25, 0.3) is 0 Å². The SMILES string of the molecule is COC(=O)C1=CC=CC=CC=C1. The third kappa shape index (κ3) is 2.23. The predicted octanol–water partition coefficient (Wildman–Crippen LogP) is 1.77. The minimum absolute atomic E-state index is 0.314. The summed E-state index contributed by atoms with van der Waals surface area (Å²) in [6.07, 6.45) is 12.6. The van der Waals surface area contributed by atoms with Crippen LogP contribution in [0, 0.1) is 0 Å². The summed E-state index contributed by atoms with van der Waals surface area (Å²) in [5.74, 6) is -0.314. The zero-order valence-corrected chi connectivity index (χ0v) is 6.86. The van der Waals surface area contributed by atoms with Crippen molar-refractivity contribution in [2.24, 2.45) is 0 Å². The number of hydrogen-bond donors (Lipinski definition) is 0. The van der Waals surface area contributed by atoms with Gasteiger partial charge in [0.1, 0.15) is 0 Å². The first-order valence-electron chi connectivity index (χ1n) is 3.64. The van der Waals surface area contributed by atoms with E-state index in [-0.39, 0.29) is 5.97 Å². The molecule has 1 rings (SSSR count). The predicted molar refractivity (Wildman–Crippen MR) is 47.5 cm³/mol. The Morgan fingerprint density at radius 2 is 1.83 bits per heavy atom. The third-order valence-corrected chi connectivity index (χ3v) is 1.42. The van der Waals surface area contributed by atoms with Crippen LogP contribution in [0.4, 0.5) is 0 Å². The van der Waals surface area contributed by atoms with Crippen molar-refractivity contribution in [3.8, 4) is 0 Å². The highest BCUT2D eigenvalue weighted by atomic mass is 16.5. The minimum Gasteiger partial charge on any atom is -0.465 e. The van der Waals surface area contributed by atoms with Gasteiger partial charge >= 0.3 is 5.97 Å². The van der Waals surface area contributed by atoms with E-state index in [1.165, 1.54) is 7.11 Å². The number of ether oxygens (including phenoxy) is 1. The zero-order valence-electron chi connectivity index (χ0n) is 6.86. The van der Waals surface area contributed by atoms with Crippen LogP contribution in [0.3, 0.4) is 0 Å². The summed E-state index contributed by atoms with van der Waals surface area (Å²) in [6.45, 7) is 0. The molecule has 0 saturated heterocycles. The van der Waals surface area contributed by atoms with Crippen LogP contribution < -0.4 is 0 Å². The van der Waals surface area contributed by atoms with E-state index in [9.17, 15) is 4.79 Å². The molecule has 1 aliphatic carbocycles. The number of carbonyl (C=O) groups excluding carboxylic acids is 1. The number of allylic oxidation sites excluding steroid dienone is 6. The van der Waals surface area contributed by atoms with Gasteiger partial charge in [0.15, 0.2) is 0 Å². The van der Waals surface area contributed by atoms with Crippen LogP contribution >= 0.6 is 0 Å². The molecule has 0 aromatic rings. The Balaban J connectivity index is 2.82. The van der Waals surface area contributed by atoms with Gasteiger partial charge in [-0.2, -0.15) is 0 Å². The number of carbonyl (C=O) groups is 1. The van der Waals surface area contributed by atoms with Crippen molar-refractivity contribution in [2.75, 3.05) is 7.11 Å². The van der Waals surface area contributed by atoms with Crippen molar-refractivity contribution >= 4 is 5.97 Å². The van der Waals surface area contributed by atoms with E-state index in [0.29, 0.717) is 5.57 Å². The van der Waals surface area contributed by atoms with Gasteiger partial charge in [0.25, 0.3) is 0 Å². The second-order valence-electron chi connectivity index (χ2n) is 2.24. The first-order valence-corrected chi connectivity index (χ1v) is 3.64. The van der Waals surface area contributed by atoms with Crippen molar-refractivity contribution in [3.63, 3.8) is 0 Å². The molecule has 0 aliphatic heterocycles. The Morgan fingerprint density at radius 1 is 1.17 bits per heavy atom. The summed E-state index contributed by atoms with van der Waals surface area (Å²) in [7, 11) is 1.37. The van der Waals surface area contributed by atoms with Crippen molar-refractivity contribution in [3.05, 3.63) is 48.1 Å². The summed E-state index contributed by atoms with van der Waals surface area (Å²) in [5, 5.41) is 0. The Hall–Kier alpha value is -1.57. The number of rotatable bonds is 1. The largest absolute Gasteiger partial charge is 0.465 e. The molecule has 0 N–H and O–H groups in total. The molecule has 0 aromatic heterocycles. The average Bonchev–Trinajstić information content (AvgIpc) is 2.02. The standard InChI is InChI=1S/C10H10O2/c1-12-10(11)9-7-5-3-2-4-6-8-9/h2-8H,1H3. The lowest BCUT2D eigenvalue weighted by atomic mass is 10.2. The van der Waals surface area contributed by atoms with Crippen molar-refractivity contribution in [2.45, 2.75) is 0 Å². The number of methoxy groups -OCH3 is 1. The van der Waals surface area contributed by atoms with E-state index in [2.05, 4.69) is 4.74 Å². The molecule has 0 heterocycles. The van der Waals surface area contributed by atoms with Gasteiger partial charge in [-0.15, -0.1) is 0 Å². The maximum absolute atomic E-state index is 11.0. The number of esters is 1. The van der Waals surface area contributed by atoms with Crippen LogP contribution in [0.5, 0.6) is 0 Å². The lowest BCUT2D eigenvalue weighted by Gasteiger charge is -1.97. The molecular weight excluding hydrogens is 152 g/mol. The summed E-state index contributed by atoms with van der Waals surface area (Å²) in [5.41, 5.74) is 0.554. The molecule has 2 heteroatoms. The van der Waals surface area contributed by atoms with Crippen LogP contribution in [-0.4, -0.2) is 13.1 Å². The zero-order chi connectivity index (χ0) is 8.81. The monoisotopic (exact) mass is 162 g/mol. The van der Waals surface area contributed by atoms with Crippen molar-refractivity contribution in [1.82, 2.24) is 0 Å². The van der Waals surface area contributed by atoms with Crippen LogP contribution in [-0.2, 0) is 9.53 Å². The second kappa shape index (κ2) is 4.34. The summed E-state index contributed by atoms with van der Waals surface area (Å²) in [4.78, 5) is 11.0. The van der Waals surface area contributed by atoms with Crippen LogP contribution in [0.15, 0.2) is 48.1 Å². The minimum atomic E-state index is -0.314. The molecule has 0 unspecified atom stereocenters. The quantitative estimate of drug-likeness (QED) is 0.549. The summed E-state index contributed by atoms with van der Waals surface area (Å²) in [6, 6.07) is 0. The Labute approximate surface area is 71.5 Å². The smallest absolute Gasteiger partial charge is 0.337 e. The highest BCUT2D eigenvalue weighted by Crippen LogP contribution is 2.02. The first kappa shape index (κ1) is 8.53. The molecule has 0 saturated carbocycles. The molecule has 0 aromatic carbocycles. The van der Waals surface area contributed by atoms with Gasteiger partial charge in [-0.3, -0.25) is 0 Å². The van der Waals surface area contributed by atoms with Crippen LogP contribution in [0.2, 0.25) is 0 Å². The molecule has 1 aliphatic rings. The molecule has 62 valence electrons. The fraction of sp³-hybridized carbons (Fsp3) is 0.100. The fourth-order valence-electron chi connectivity index (χ4n) is 0.820. The van der Waals surface area contributed by atoms with Gasteiger partial charge in [0.2, 0.25) is 0 Å². The van der Waals surface area contributed by atoms with Gasteiger partial charge in [-0.25, -0.2) is 4.79 Å². The Morgan fingerprint density at radius 3 is 2.58 bits per heavy atom. The summed E-state index contributed by atoms with van der Waals surface area (Å²) >= 11 is 0. The maximum Gasteiger partial charge on any atom is 0.337 e. The van der Waals surface area contributed by atoms with Gasteiger partial charge in [0.05, 0.1) is 12.7 Å². The highest BCUT2D eigenvalue weighted by molar-refractivity contribution is 5.91. The Kier molecular flexibility index (Phi) is 3.08. The fourth-order valence-corrected chi connectivity index (χ4v) is 0.820. The molecule has 0 fully saturated rings. The van der Waals surface area contributed by atoms with E-state index < -0.39 is 0 Å². The Bertz CT molecular complexity index is 280. The van der Waals surface area contributed by atoms with Gasteiger partial charge in [-0.05, 0) is 12.2 Å². The maximum atomic E-state index is 11.0. The molecule has 0 radical (unpaired) electrons. The topological polar surface area (TPSA) is 26.3 Å². The third-order valence-electron chi connectivity index (χ3n) is 1.42. The average molecular weight is 162 g/mol. The van der Waals surface area contributed by atoms with E-state index in [1.807, 2.05) is 18.2 Å². The van der Waals surface area contributed by atoms with E-state index >= 15 is 0 Å². The van der Waals surface area contributed by atoms with Crippen molar-refractivity contribution < 1.29 is 9.53 Å². The van der Waals surface area contributed by atoms with Gasteiger partial charge in [0, 0.05) is 0 Å². The van der Waals surface area contributed by atoms with Gasteiger partial charge < -0.3 is 4.74 Å². The molecule has 0 atom stereocenters.